The Morgan fingerprint density at radius 2 is 1.37 bits per heavy atom. The van der Waals surface area contributed by atoms with Gasteiger partial charge in [0.15, 0.2) is 0 Å². The third kappa shape index (κ3) is 17.0. The van der Waals surface area contributed by atoms with Crippen molar-refractivity contribution in [1.29, 1.82) is 0 Å². The van der Waals surface area contributed by atoms with Gasteiger partial charge in [0.1, 0.15) is 0 Å². The van der Waals surface area contributed by atoms with Gasteiger partial charge in [0.25, 0.3) is 0 Å². The molecule has 2 unspecified atom stereocenters. The molecule has 0 heterocycles. The topological polar surface area (TPSA) is 3.24 Å². The average Bonchev–Trinajstić information content (AvgIpc) is 2.68. The normalized spacial score (nSPS) is 16.4. The molecule has 0 saturated carbocycles. The first kappa shape index (κ1) is 30.9. The highest BCUT2D eigenvalue weighted by Gasteiger charge is 2.17. The fourth-order valence-corrected chi connectivity index (χ4v) is 3.34. The molecule has 1 rings (SSSR count). The van der Waals surface area contributed by atoms with E-state index < -0.39 is 0 Å². The Morgan fingerprint density at radius 3 is 1.70 bits per heavy atom. The summed E-state index contributed by atoms with van der Waals surface area (Å²) in [6.07, 6.45) is 12.5. The Hall–Kier alpha value is -0.820. The molecule has 1 aliphatic rings. The number of hydrogen-bond acceptors (Lipinski definition) is 1. The molecule has 1 aliphatic carbocycles. The van der Waals surface area contributed by atoms with Crippen molar-refractivity contribution in [3.63, 3.8) is 0 Å². The second kappa shape index (κ2) is 23.2. The number of nitrogens with zero attached hydrogens (tertiary/aromatic N) is 1. The summed E-state index contributed by atoms with van der Waals surface area (Å²) >= 11 is 0. The van der Waals surface area contributed by atoms with Gasteiger partial charge in [-0.05, 0) is 71.0 Å². The molecule has 0 N–H and O–H groups in total. The van der Waals surface area contributed by atoms with Crippen LogP contribution in [-0.2, 0) is 0 Å². The van der Waals surface area contributed by atoms with Crippen molar-refractivity contribution in [1.82, 2.24) is 4.90 Å². The minimum absolute atomic E-state index is 0.795. The third-order valence-electron chi connectivity index (χ3n) is 4.90. The molecule has 1 nitrogen and oxygen atoms in total. The Labute approximate surface area is 174 Å². The number of rotatable bonds is 9. The lowest BCUT2D eigenvalue weighted by Crippen LogP contribution is -2.25. The molecule has 162 valence electrons. The van der Waals surface area contributed by atoms with Crippen LogP contribution in [0.3, 0.4) is 0 Å². The highest BCUT2D eigenvalue weighted by Crippen LogP contribution is 2.30. The van der Waals surface area contributed by atoms with E-state index >= 15 is 0 Å². The predicted octanol–water partition coefficient (Wildman–Crippen LogP) is 8.68. The lowest BCUT2D eigenvalue weighted by atomic mass is 9.81. The van der Waals surface area contributed by atoms with Crippen molar-refractivity contribution in [2.75, 3.05) is 19.6 Å². The first-order valence-electron chi connectivity index (χ1n) is 11.6. The van der Waals surface area contributed by atoms with Gasteiger partial charge in [0.2, 0.25) is 0 Å². The van der Waals surface area contributed by atoms with E-state index in [4.69, 9.17) is 0 Å². The molecule has 0 fully saturated rings. The van der Waals surface area contributed by atoms with Crippen molar-refractivity contribution in [2.24, 2.45) is 11.8 Å². The van der Waals surface area contributed by atoms with E-state index in [0.29, 0.717) is 0 Å². The van der Waals surface area contributed by atoms with E-state index in [1.807, 2.05) is 13.8 Å². The van der Waals surface area contributed by atoms with Crippen LogP contribution in [0.5, 0.6) is 0 Å². The second-order valence-corrected chi connectivity index (χ2v) is 7.30. The van der Waals surface area contributed by atoms with Gasteiger partial charge in [-0.3, -0.25) is 0 Å². The van der Waals surface area contributed by atoms with Crippen molar-refractivity contribution in [3.8, 4) is 0 Å². The smallest absolute Gasteiger partial charge is 0.00214 e. The molecule has 0 bridgehead atoms. The predicted molar refractivity (Wildman–Crippen MR) is 130 cm³/mol. The minimum atomic E-state index is 0.795. The van der Waals surface area contributed by atoms with Crippen LogP contribution in [0.4, 0.5) is 0 Å². The van der Waals surface area contributed by atoms with Crippen molar-refractivity contribution >= 4 is 0 Å². The van der Waals surface area contributed by atoms with E-state index in [2.05, 4.69) is 78.7 Å². The molecule has 0 saturated heterocycles. The molecule has 1 heteroatoms. The van der Waals surface area contributed by atoms with Crippen LogP contribution in [0.1, 0.15) is 101 Å². The molecule has 27 heavy (non-hydrogen) atoms. The Bertz CT molecular complexity index is 339. The second-order valence-electron chi connectivity index (χ2n) is 7.30. The summed E-state index contributed by atoms with van der Waals surface area (Å²) in [5.74, 6) is 1.65. The van der Waals surface area contributed by atoms with Crippen LogP contribution in [0.25, 0.3) is 0 Å². The van der Waals surface area contributed by atoms with E-state index in [1.165, 1.54) is 63.7 Å². The number of hydrogen-bond donors (Lipinski definition) is 0. The third-order valence-corrected chi connectivity index (χ3v) is 4.90. The summed E-state index contributed by atoms with van der Waals surface area (Å²) in [7, 11) is 0. The lowest BCUT2D eigenvalue weighted by Gasteiger charge is -2.24. The summed E-state index contributed by atoms with van der Waals surface area (Å²) in [4.78, 5) is 2.54. The van der Waals surface area contributed by atoms with Crippen LogP contribution >= 0.6 is 0 Å². The molecule has 0 aliphatic heterocycles. The minimum Gasteiger partial charge on any atom is -0.303 e. The van der Waals surface area contributed by atoms with Gasteiger partial charge in [-0.25, -0.2) is 0 Å². The molecule has 0 amide bonds. The van der Waals surface area contributed by atoms with Crippen molar-refractivity contribution < 1.29 is 0 Å². The van der Waals surface area contributed by atoms with Crippen LogP contribution in [0.2, 0.25) is 0 Å². The summed E-state index contributed by atoms with van der Waals surface area (Å²) in [6, 6.07) is 0. The Balaban J connectivity index is -0.000000369. The fraction of sp³-hybridized carbons (Fsp3) is 0.769. The van der Waals surface area contributed by atoms with Crippen LogP contribution in [-0.4, -0.2) is 24.5 Å². The van der Waals surface area contributed by atoms with Gasteiger partial charge in [-0.15, -0.1) is 13.2 Å². The first-order chi connectivity index (χ1) is 13.0. The lowest BCUT2D eigenvalue weighted by molar-refractivity contribution is 0.275. The van der Waals surface area contributed by atoms with Crippen LogP contribution < -0.4 is 0 Å². The summed E-state index contributed by atoms with van der Waals surface area (Å²) in [5, 5.41) is 0. The molecule has 0 radical (unpaired) electrons. The van der Waals surface area contributed by atoms with E-state index in [1.54, 1.807) is 5.57 Å². The Kier molecular flexibility index (Phi) is 26.6. The standard InChI is InChI=1S/C13H22.C9H21N.C2H6.C2H4/c1-5-6-11(3)13-8-7-10(2)12(4)9-13;1-4-7-10(8-5-2)9-6-3;2*1-2/h7-8,11,13H,5-6,9H2,1-4H3;4-9H2,1-3H3;1-2H3;1-2H2. The molecular formula is C26H53N. The molecule has 0 aromatic rings. The van der Waals surface area contributed by atoms with Crippen LogP contribution in [0.15, 0.2) is 36.5 Å². The van der Waals surface area contributed by atoms with Gasteiger partial charge in [-0.1, -0.05) is 84.6 Å². The largest absolute Gasteiger partial charge is 0.303 e. The molecule has 0 aromatic heterocycles. The van der Waals surface area contributed by atoms with Gasteiger partial charge < -0.3 is 4.90 Å². The maximum atomic E-state index is 3.00. The average molecular weight is 380 g/mol. The molecule has 0 aromatic carbocycles. The van der Waals surface area contributed by atoms with E-state index in [-0.39, 0.29) is 0 Å². The van der Waals surface area contributed by atoms with E-state index in [0.717, 1.165) is 11.8 Å². The van der Waals surface area contributed by atoms with Gasteiger partial charge in [-0.2, -0.15) is 0 Å². The highest BCUT2D eigenvalue weighted by atomic mass is 15.1. The zero-order valence-electron chi connectivity index (χ0n) is 20.5. The van der Waals surface area contributed by atoms with Gasteiger partial charge in [0.05, 0.1) is 0 Å². The van der Waals surface area contributed by atoms with Crippen molar-refractivity contribution in [2.45, 2.75) is 101 Å². The first-order valence-corrected chi connectivity index (χ1v) is 11.6. The fourth-order valence-electron chi connectivity index (χ4n) is 3.34. The van der Waals surface area contributed by atoms with Gasteiger partial charge >= 0.3 is 0 Å². The summed E-state index contributed by atoms with van der Waals surface area (Å²) in [6.45, 7) is 29.7. The summed E-state index contributed by atoms with van der Waals surface area (Å²) < 4.78 is 0. The SMILES string of the molecule is C=C.CC.CCCC(C)C1C=CC(C)=C(C)C1.CCCN(CCC)CCC. The number of allylic oxidation sites excluding steroid dienone is 4. The molecular weight excluding hydrogens is 326 g/mol. The molecule has 2 atom stereocenters. The van der Waals surface area contributed by atoms with Gasteiger partial charge in [0, 0.05) is 0 Å². The monoisotopic (exact) mass is 379 g/mol. The quantitative estimate of drug-likeness (QED) is 0.362. The maximum absolute atomic E-state index is 3.00. The summed E-state index contributed by atoms with van der Waals surface area (Å²) in [5.41, 5.74) is 3.05. The zero-order valence-corrected chi connectivity index (χ0v) is 20.5. The maximum Gasteiger partial charge on any atom is -0.00214 e. The van der Waals surface area contributed by atoms with Crippen LogP contribution in [0, 0.1) is 11.8 Å². The Morgan fingerprint density at radius 1 is 0.926 bits per heavy atom. The molecule has 0 spiro atoms. The van der Waals surface area contributed by atoms with E-state index in [9.17, 15) is 0 Å². The highest BCUT2D eigenvalue weighted by molar-refractivity contribution is 5.27. The van der Waals surface area contributed by atoms with Crippen molar-refractivity contribution in [3.05, 3.63) is 36.5 Å². The zero-order chi connectivity index (χ0) is 21.7.